The van der Waals surface area contributed by atoms with E-state index < -0.39 is 18.4 Å². The van der Waals surface area contributed by atoms with Crippen molar-refractivity contribution in [3.63, 3.8) is 0 Å². The number of benzene rings is 1. The number of hydrogen-bond donors (Lipinski definition) is 1. The molecule has 0 aliphatic carbocycles. The van der Waals surface area contributed by atoms with Gasteiger partial charge in [0.2, 0.25) is 0 Å². The molecule has 0 radical (unpaired) electrons. The van der Waals surface area contributed by atoms with Gasteiger partial charge in [-0.25, -0.2) is 4.79 Å². The number of amidine groups is 1. The van der Waals surface area contributed by atoms with Crippen LogP contribution in [-0.4, -0.2) is 29.2 Å². The summed E-state index contributed by atoms with van der Waals surface area (Å²) >= 11 is 0. The molecule has 5 nitrogen and oxygen atoms in total. The molecule has 0 fully saturated rings. The fraction of sp³-hybridized carbons (Fsp3) is 0.385. The quantitative estimate of drug-likeness (QED) is 0.933. The molecule has 8 heteroatoms. The number of nitrogens with two attached hydrogens (primary N) is 1. The summed E-state index contributed by atoms with van der Waals surface area (Å²) in [6.45, 7) is 3.55. The van der Waals surface area contributed by atoms with Crippen molar-refractivity contribution < 1.29 is 22.7 Å². The molecule has 0 spiro atoms. The normalized spacial score (nSPS) is 19.1. The van der Waals surface area contributed by atoms with E-state index in [1.54, 1.807) is 19.9 Å². The van der Waals surface area contributed by atoms with Crippen molar-refractivity contribution in [1.82, 2.24) is 4.90 Å². The molecule has 2 amide bonds. The number of carbonyl (C=O) groups is 1. The van der Waals surface area contributed by atoms with Crippen LogP contribution in [0.3, 0.4) is 0 Å². The minimum absolute atomic E-state index is 0.0536. The third-order valence-corrected chi connectivity index (χ3v) is 2.97. The highest BCUT2D eigenvalue weighted by atomic mass is 19.4. The molecule has 1 aromatic rings. The van der Waals surface area contributed by atoms with Crippen molar-refractivity contribution in [3.8, 4) is 5.75 Å². The van der Waals surface area contributed by atoms with Crippen molar-refractivity contribution in [2.45, 2.75) is 32.3 Å². The molecule has 21 heavy (non-hydrogen) atoms. The van der Waals surface area contributed by atoms with Crippen molar-refractivity contribution in [2.75, 3.05) is 0 Å². The Labute approximate surface area is 119 Å². The monoisotopic (exact) mass is 301 g/mol. The van der Waals surface area contributed by atoms with Crippen LogP contribution < -0.4 is 10.5 Å². The number of aliphatic imine (C=N–C) groups is 1. The maximum absolute atomic E-state index is 12.3. The molecule has 114 valence electrons. The fourth-order valence-electron chi connectivity index (χ4n) is 2.21. The Balaban J connectivity index is 2.35. The Morgan fingerprint density at radius 1 is 1.38 bits per heavy atom. The van der Waals surface area contributed by atoms with Crippen LogP contribution in [0.15, 0.2) is 29.3 Å². The van der Waals surface area contributed by atoms with E-state index >= 15 is 0 Å². The molecular weight excluding hydrogens is 287 g/mol. The predicted molar refractivity (Wildman–Crippen MR) is 69.9 cm³/mol. The number of carbonyl (C=O) groups excluding carboxylic acids is 1. The van der Waals surface area contributed by atoms with E-state index in [-0.39, 0.29) is 17.6 Å². The Morgan fingerprint density at radius 3 is 2.62 bits per heavy atom. The molecule has 1 atom stereocenters. The molecule has 0 saturated heterocycles. The van der Waals surface area contributed by atoms with E-state index in [9.17, 15) is 18.0 Å². The summed E-state index contributed by atoms with van der Waals surface area (Å²) in [6.07, 6.45) is -4.78. The molecular formula is C13H14F3N3O2. The highest BCUT2D eigenvalue weighted by Gasteiger charge is 2.37. The first kappa shape index (κ1) is 15.1. The number of hydrogen-bond acceptors (Lipinski definition) is 3. The third kappa shape index (κ3) is 3.26. The highest BCUT2D eigenvalue weighted by molar-refractivity contribution is 6.03. The van der Waals surface area contributed by atoms with Crippen LogP contribution in [-0.2, 0) is 0 Å². The van der Waals surface area contributed by atoms with Gasteiger partial charge in [-0.15, -0.1) is 13.2 Å². The Kier molecular flexibility index (Phi) is 3.80. The van der Waals surface area contributed by atoms with Crippen LogP contribution in [0.25, 0.3) is 0 Å². The number of rotatable bonds is 3. The summed E-state index contributed by atoms with van der Waals surface area (Å²) in [5, 5.41) is 0. The standard InChI is InChI=1S/C13H14F3N3O2/c1-7(2)19-10(11(17)18-12(19)20)8-4-3-5-9(6-8)21-13(14,15)16/h3-7,10H,1-2H3,(H2,17,18,20). The van der Waals surface area contributed by atoms with Gasteiger partial charge in [-0.2, -0.15) is 4.99 Å². The van der Waals surface area contributed by atoms with Crippen LogP contribution in [0.2, 0.25) is 0 Å². The van der Waals surface area contributed by atoms with E-state index in [1.165, 1.54) is 23.1 Å². The van der Waals surface area contributed by atoms with Gasteiger partial charge in [-0.05, 0) is 31.5 Å². The topological polar surface area (TPSA) is 67.9 Å². The van der Waals surface area contributed by atoms with E-state index in [0.717, 1.165) is 0 Å². The van der Waals surface area contributed by atoms with Gasteiger partial charge >= 0.3 is 12.4 Å². The lowest BCUT2D eigenvalue weighted by atomic mass is 10.0. The lowest BCUT2D eigenvalue weighted by molar-refractivity contribution is -0.274. The van der Waals surface area contributed by atoms with E-state index in [2.05, 4.69) is 9.73 Å². The van der Waals surface area contributed by atoms with Crippen LogP contribution >= 0.6 is 0 Å². The van der Waals surface area contributed by atoms with Gasteiger partial charge in [-0.3, -0.25) is 0 Å². The maximum atomic E-state index is 12.3. The first-order valence-electron chi connectivity index (χ1n) is 6.21. The zero-order valence-electron chi connectivity index (χ0n) is 11.4. The molecule has 0 bridgehead atoms. The molecule has 1 aromatic carbocycles. The lowest BCUT2D eigenvalue weighted by Gasteiger charge is -2.28. The number of urea groups is 1. The Morgan fingerprint density at radius 2 is 2.05 bits per heavy atom. The van der Waals surface area contributed by atoms with Crippen molar-refractivity contribution in [1.29, 1.82) is 0 Å². The van der Waals surface area contributed by atoms with Gasteiger partial charge in [-0.1, -0.05) is 12.1 Å². The average molecular weight is 301 g/mol. The van der Waals surface area contributed by atoms with E-state index in [1.807, 2.05) is 0 Å². The van der Waals surface area contributed by atoms with Crippen molar-refractivity contribution in [2.24, 2.45) is 10.7 Å². The second kappa shape index (κ2) is 5.27. The van der Waals surface area contributed by atoms with E-state index in [4.69, 9.17) is 5.73 Å². The SMILES string of the molecule is CC(C)N1C(=O)N=C(N)C1c1cccc(OC(F)(F)F)c1. The summed E-state index contributed by atoms with van der Waals surface area (Å²) in [4.78, 5) is 16.8. The molecule has 0 aromatic heterocycles. The highest BCUT2D eigenvalue weighted by Crippen LogP contribution is 2.32. The smallest absolute Gasteiger partial charge is 0.406 e. The first-order chi connectivity index (χ1) is 9.69. The van der Waals surface area contributed by atoms with Gasteiger partial charge in [0.15, 0.2) is 0 Å². The summed E-state index contributed by atoms with van der Waals surface area (Å²) in [5.41, 5.74) is 6.15. The maximum Gasteiger partial charge on any atom is 0.573 e. The summed E-state index contributed by atoms with van der Waals surface area (Å²) in [7, 11) is 0. The molecule has 2 N–H and O–H groups in total. The molecule has 1 aliphatic heterocycles. The Hall–Kier alpha value is -2.25. The Bertz CT molecular complexity index is 584. The lowest BCUT2D eigenvalue weighted by Crippen LogP contribution is -2.38. The molecule has 1 aliphatic rings. The van der Waals surface area contributed by atoms with Gasteiger partial charge in [0.25, 0.3) is 0 Å². The largest absolute Gasteiger partial charge is 0.573 e. The van der Waals surface area contributed by atoms with Crippen LogP contribution in [0, 0.1) is 0 Å². The van der Waals surface area contributed by atoms with Crippen LogP contribution in [0.4, 0.5) is 18.0 Å². The minimum Gasteiger partial charge on any atom is -0.406 e. The van der Waals surface area contributed by atoms with Crippen LogP contribution in [0.5, 0.6) is 5.75 Å². The average Bonchev–Trinajstić information content (AvgIpc) is 2.62. The molecule has 2 rings (SSSR count). The van der Waals surface area contributed by atoms with Crippen molar-refractivity contribution in [3.05, 3.63) is 29.8 Å². The third-order valence-electron chi connectivity index (χ3n) is 2.97. The molecule has 0 saturated carbocycles. The molecule has 1 heterocycles. The van der Waals surface area contributed by atoms with E-state index in [0.29, 0.717) is 5.56 Å². The number of nitrogens with zero attached hydrogens (tertiary/aromatic N) is 2. The number of halogens is 3. The zero-order valence-corrected chi connectivity index (χ0v) is 11.4. The first-order valence-corrected chi connectivity index (χ1v) is 6.21. The van der Waals surface area contributed by atoms with Crippen LogP contribution in [0.1, 0.15) is 25.5 Å². The van der Waals surface area contributed by atoms with Gasteiger partial charge in [0, 0.05) is 6.04 Å². The second-order valence-corrected chi connectivity index (χ2v) is 4.84. The number of amides is 2. The van der Waals surface area contributed by atoms with Gasteiger partial charge < -0.3 is 15.4 Å². The summed E-state index contributed by atoms with van der Waals surface area (Å²) in [6, 6.07) is 3.98. The second-order valence-electron chi connectivity index (χ2n) is 4.84. The summed E-state index contributed by atoms with van der Waals surface area (Å²) in [5.74, 6) is -0.311. The van der Waals surface area contributed by atoms with Gasteiger partial charge in [0.05, 0.1) is 0 Å². The zero-order chi connectivity index (χ0) is 15.8. The summed E-state index contributed by atoms with van der Waals surface area (Å²) < 4.78 is 40.7. The van der Waals surface area contributed by atoms with Crippen molar-refractivity contribution >= 4 is 11.9 Å². The van der Waals surface area contributed by atoms with Gasteiger partial charge in [0.1, 0.15) is 17.6 Å². The fourth-order valence-corrected chi connectivity index (χ4v) is 2.21. The number of ether oxygens (including phenoxy) is 1. The minimum atomic E-state index is -4.78. The predicted octanol–water partition coefficient (Wildman–Crippen LogP) is 2.83. The number of alkyl halides is 3. The molecule has 1 unspecified atom stereocenters.